The van der Waals surface area contributed by atoms with E-state index in [2.05, 4.69) is 6.07 Å². The van der Waals surface area contributed by atoms with Gasteiger partial charge in [-0.25, -0.2) is 0 Å². The number of nitrogens with two attached hydrogens (primary N) is 2. The Bertz CT molecular complexity index is 444. The predicted molar refractivity (Wildman–Crippen MR) is 58.0 cm³/mol. The molecular formula is C11H13N3O. The normalized spacial score (nSPS) is 10.7. The molecule has 1 aromatic carbocycles. The predicted octanol–water partition coefficient (Wildman–Crippen LogP) is 1.17. The minimum Gasteiger partial charge on any atom is -0.398 e. The van der Waals surface area contributed by atoms with Crippen molar-refractivity contribution in [3.8, 4) is 6.07 Å². The summed E-state index contributed by atoms with van der Waals surface area (Å²) < 4.78 is 0. The molecule has 0 bridgehead atoms. The third kappa shape index (κ3) is 1.91. The Morgan fingerprint density at radius 2 is 2.07 bits per heavy atom. The van der Waals surface area contributed by atoms with Crippen LogP contribution in [0.25, 0.3) is 0 Å². The lowest BCUT2D eigenvalue weighted by Gasteiger charge is -2.19. The molecule has 78 valence electrons. The van der Waals surface area contributed by atoms with Gasteiger partial charge in [-0.1, -0.05) is 12.1 Å². The SMILES string of the molecule is CC(C)(C#N)c1cccc(C(N)=O)c1N. The Labute approximate surface area is 88.5 Å². The van der Waals surface area contributed by atoms with E-state index in [9.17, 15) is 4.79 Å². The molecule has 4 heteroatoms. The molecular weight excluding hydrogens is 190 g/mol. The molecule has 0 unspecified atom stereocenters. The molecule has 1 amide bonds. The van der Waals surface area contributed by atoms with Gasteiger partial charge in [0.1, 0.15) is 0 Å². The summed E-state index contributed by atoms with van der Waals surface area (Å²) in [6.45, 7) is 3.48. The van der Waals surface area contributed by atoms with Crippen LogP contribution in [0.2, 0.25) is 0 Å². The minimum absolute atomic E-state index is 0.260. The Balaban J connectivity index is 3.42. The molecule has 0 saturated heterocycles. The lowest BCUT2D eigenvalue weighted by molar-refractivity contribution is 0.100. The van der Waals surface area contributed by atoms with Crippen molar-refractivity contribution in [1.82, 2.24) is 0 Å². The molecule has 0 radical (unpaired) electrons. The summed E-state index contributed by atoms with van der Waals surface area (Å²) in [6.07, 6.45) is 0. The second-order valence-corrected chi connectivity index (χ2v) is 3.87. The fourth-order valence-electron chi connectivity index (χ4n) is 1.39. The second kappa shape index (κ2) is 3.62. The molecule has 1 aromatic rings. The first-order valence-electron chi connectivity index (χ1n) is 4.50. The molecule has 1 rings (SSSR count). The van der Waals surface area contributed by atoms with Crippen LogP contribution in [0, 0.1) is 11.3 Å². The Morgan fingerprint density at radius 1 is 1.47 bits per heavy atom. The molecule has 0 aliphatic heterocycles. The standard InChI is InChI=1S/C11H13N3O/c1-11(2,6-12)8-5-3-4-7(9(8)13)10(14)15/h3-5H,13H2,1-2H3,(H2,14,15). The minimum atomic E-state index is -0.727. The van der Waals surface area contributed by atoms with Crippen molar-refractivity contribution in [2.45, 2.75) is 19.3 Å². The third-order valence-electron chi connectivity index (χ3n) is 2.32. The van der Waals surface area contributed by atoms with Crippen LogP contribution in [0.4, 0.5) is 5.69 Å². The average Bonchev–Trinajstić information content (AvgIpc) is 2.17. The van der Waals surface area contributed by atoms with Gasteiger partial charge in [0.05, 0.1) is 17.0 Å². The molecule has 4 N–H and O–H groups in total. The number of carbonyl (C=O) groups is 1. The summed E-state index contributed by atoms with van der Waals surface area (Å²) in [5, 5.41) is 8.98. The number of para-hydroxylation sites is 1. The summed E-state index contributed by atoms with van der Waals surface area (Å²) in [7, 11) is 0. The van der Waals surface area contributed by atoms with Gasteiger partial charge in [0, 0.05) is 5.69 Å². The topological polar surface area (TPSA) is 92.9 Å². The average molecular weight is 203 g/mol. The van der Waals surface area contributed by atoms with Crippen molar-refractivity contribution in [2.24, 2.45) is 5.73 Å². The van der Waals surface area contributed by atoms with Gasteiger partial charge in [0.15, 0.2) is 0 Å². The number of hydrogen-bond donors (Lipinski definition) is 2. The number of carbonyl (C=O) groups excluding carboxylic acids is 1. The number of nitriles is 1. The van der Waals surface area contributed by atoms with Crippen LogP contribution in [0.1, 0.15) is 29.8 Å². The highest BCUT2D eigenvalue weighted by Crippen LogP contribution is 2.29. The maximum Gasteiger partial charge on any atom is 0.250 e. The molecule has 0 atom stereocenters. The first-order chi connectivity index (χ1) is 6.90. The van der Waals surface area contributed by atoms with Crippen molar-refractivity contribution < 1.29 is 4.79 Å². The Kier molecular flexibility index (Phi) is 2.67. The van der Waals surface area contributed by atoms with E-state index in [1.807, 2.05) is 0 Å². The monoisotopic (exact) mass is 203 g/mol. The Morgan fingerprint density at radius 3 is 2.53 bits per heavy atom. The summed E-state index contributed by atoms with van der Waals surface area (Å²) in [6, 6.07) is 7.08. The largest absolute Gasteiger partial charge is 0.398 e. The molecule has 0 aromatic heterocycles. The summed E-state index contributed by atoms with van der Waals surface area (Å²) in [4.78, 5) is 11.0. The zero-order valence-corrected chi connectivity index (χ0v) is 8.74. The van der Waals surface area contributed by atoms with E-state index >= 15 is 0 Å². The van der Waals surface area contributed by atoms with E-state index in [1.54, 1.807) is 32.0 Å². The van der Waals surface area contributed by atoms with Gasteiger partial charge in [-0.3, -0.25) is 4.79 Å². The quantitative estimate of drug-likeness (QED) is 0.706. The van der Waals surface area contributed by atoms with Crippen molar-refractivity contribution in [1.29, 1.82) is 5.26 Å². The van der Waals surface area contributed by atoms with Gasteiger partial charge in [-0.15, -0.1) is 0 Å². The Hall–Kier alpha value is -2.02. The molecule has 4 nitrogen and oxygen atoms in total. The van der Waals surface area contributed by atoms with Crippen molar-refractivity contribution in [3.63, 3.8) is 0 Å². The molecule has 0 aliphatic rings. The number of amides is 1. The van der Waals surface area contributed by atoms with Gasteiger partial charge in [-0.2, -0.15) is 5.26 Å². The van der Waals surface area contributed by atoms with Crippen molar-refractivity contribution >= 4 is 11.6 Å². The maximum absolute atomic E-state index is 11.0. The number of primary amides is 1. The smallest absolute Gasteiger partial charge is 0.250 e. The van der Waals surface area contributed by atoms with Crippen LogP contribution < -0.4 is 11.5 Å². The third-order valence-corrected chi connectivity index (χ3v) is 2.32. The molecule has 0 heterocycles. The van der Waals surface area contributed by atoms with E-state index in [0.717, 1.165) is 0 Å². The van der Waals surface area contributed by atoms with E-state index in [0.29, 0.717) is 5.56 Å². The van der Waals surface area contributed by atoms with Crippen molar-refractivity contribution in [2.75, 3.05) is 5.73 Å². The molecule has 0 saturated carbocycles. The maximum atomic E-state index is 11.0. The highest BCUT2D eigenvalue weighted by Gasteiger charge is 2.24. The zero-order valence-electron chi connectivity index (χ0n) is 8.74. The number of rotatable bonds is 2. The lowest BCUT2D eigenvalue weighted by atomic mass is 9.84. The molecule has 0 fully saturated rings. The van der Waals surface area contributed by atoms with Crippen molar-refractivity contribution in [3.05, 3.63) is 29.3 Å². The van der Waals surface area contributed by atoms with Crippen LogP contribution in [0.15, 0.2) is 18.2 Å². The lowest BCUT2D eigenvalue weighted by Crippen LogP contribution is -2.20. The highest BCUT2D eigenvalue weighted by atomic mass is 16.1. The second-order valence-electron chi connectivity index (χ2n) is 3.87. The van der Waals surface area contributed by atoms with E-state index in [-0.39, 0.29) is 11.3 Å². The zero-order chi connectivity index (χ0) is 11.6. The number of nitrogen functional groups attached to an aromatic ring is 1. The summed E-state index contributed by atoms with van der Waals surface area (Å²) in [5.74, 6) is -0.580. The number of nitrogens with zero attached hydrogens (tertiary/aromatic N) is 1. The van der Waals surface area contributed by atoms with Gasteiger partial charge in [-0.05, 0) is 25.5 Å². The molecule has 0 aliphatic carbocycles. The first kappa shape index (κ1) is 11.1. The van der Waals surface area contributed by atoms with Gasteiger partial charge in [0.25, 0.3) is 5.91 Å². The van der Waals surface area contributed by atoms with E-state index in [1.165, 1.54) is 0 Å². The fourth-order valence-corrected chi connectivity index (χ4v) is 1.39. The number of anilines is 1. The molecule has 15 heavy (non-hydrogen) atoms. The number of hydrogen-bond acceptors (Lipinski definition) is 3. The summed E-state index contributed by atoms with van der Waals surface area (Å²) in [5.41, 5.74) is 11.4. The van der Waals surface area contributed by atoms with Crippen LogP contribution in [-0.2, 0) is 5.41 Å². The van der Waals surface area contributed by atoms with Crippen LogP contribution >= 0.6 is 0 Å². The van der Waals surface area contributed by atoms with Gasteiger partial charge >= 0.3 is 0 Å². The van der Waals surface area contributed by atoms with Crippen LogP contribution in [-0.4, -0.2) is 5.91 Å². The van der Waals surface area contributed by atoms with Crippen LogP contribution in [0.5, 0.6) is 0 Å². The fraction of sp³-hybridized carbons (Fsp3) is 0.273. The first-order valence-corrected chi connectivity index (χ1v) is 4.50. The van der Waals surface area contributed by atoms with E-state index in [4.69, 9.17) is 16.7 Å². The van der Waals surface area contributed by atoms with Gasteiger partial charge < -0.3 is 11.5 Å². The van der Waals surface area contributed by atoms with E-state index < -0.39 is 11.3 Å². The van der Waals surface area contributed by atoms with Crippen LogP contribution in [0.3, 0.4) is 0 Å². The van der Waals surface area contributed by atoms with Gasteiger partial charge in [0.2, 0.25) is 0 Å². The number of benzene rings is 1. The summed E-state index contributed by atoms with van der Waals surface area (Å²) >= 11 is 0. The highest BCUT2D eigenvalue weighted by molar-refractivity contribution is 5.98. The molecule has 0 spiro atoms.